The van der Waals surface area contributed by atoms with Crippen LogP contribution in [-0.4, -0.2) is 39.5 Å². The molecule has 0 bridgehead atoms. The first-order chi connectivity index (χ1) is 11.6. The molecule has 0 saturated heterocycles. The first-order valence-corrected chi connectivity index (χ1v) is 9.18. The number of carbonyl (C=O) groups excluding carboxylic acids is 1. The summed E-state index contributed by atoms with van der Waals surface area (Å²) in [5, 5.41) is 18.7. The summed E-state index contributed by atoms with van der Waals surface area (Å²) in [5.74, 6) is 0. The minimum Gasteiger partial charge on any atom is -0.394 e. The lowest BCUT2D eigenvalue weighted by Crippen LogP contribution is -2.40. The van der Waals surface area contributed by atoms with Gasteiger partial charge in [0.1, 0.15) is 0 Å². The van der Waals surface area contributed by atoms with Crippen molar-refractivity contribution in [1.82, 2.24) is 20.0 Å². The lowest BCUT2D eigenvalue weighted by atomic mass is 9.93. The molecule has 1 aliphatic rings. The van der Waals surface area contributed by atoms with Gasteiger partial charge in [0.25, 0.3) is 0 Å². The lowest BCUT2D eigenvalue weighted by Gasteiger charge is -2.27. The van der Waals surface area contributed by atoms with Crippen molar-refractivity contribution in [1.29, 1.82) is 0 Å². The van der Waals surface area contributed by atoms with Gasteiger partial charge in [-0.1, -0.05) is 0 Å². The first-order valence-electron chi connectivity index (χ1n) is 8.30. The van der Waals surface area contributed by atoms with Crippen LogP contribution < -0.4 is 5.32 Å². The summed E-state index contributed by atoms with van der Waals surface area (Å²) < 4.78 is 1.85. The second-order valence-electron chi connectivity index (χ2n) is 6.27. The van der Waals surface area contributed by atoms with Crippen molar-refractivity contribution in [2.75, 3.05) is 13.7 Å². The molecule has 0 aromatic carbocycles. The SMILES string of the molecule is Cc1ccsc1CN(C)C(=O)N[C@@H]1CCCc2c1cnn2CCO. The van der Waals surface area contributed by atoms with Gasteiger partial charge in [0.05, 0.1) is 31.9 Å². The number of rotatable bonds is 5. The zero-order chi connectivity index (χ0) is 17.1. The van der Waals surface area contributed by atoms with Crippen LogP contribution in [0.15, 0.2) is 17.6 Å². The van der Waals surface area contributed by atoms with Crippen LogP contribution in [0.3, 0.4) is 0 Å². The Bertz CT molecular complexity index is 709. The maximum Gasteiger partial charge on any atom is 0.317 e. The van der Waals surface area contributed by atoms with E-state index in [2.05, 4.69) is 28.8 Å². The number of hydrogen-bond acceptors (Lipinski definition) is 4. The highest BCUT2D eigenvalue weighted by molar-refractivity contribution is 7.10. The average Bonchev–Trinajstić information content (AvgIpc) is 3.15. The normalized spacial score (nSPS) is 16.7. The van der Waals surface area contributed by atoms with E-state index in [4.69, 9.17) is 5.11 Å². The van der Waals surface area contributed by atoms with Gasteiger partial charge < -0.3 is 15.3 Å². The monoisotopic (exact) mass is 348 g/mol. The fraction of sp³-hybridized carbons (Fsp3) is 0.529. The fourth-order valence-electron chi connectivity index (χ4n) is 3.17. The van der Waals surface area contributed by atoms with Crippen molar-refractivity contribution < 1.29 is 9.90 Å². The number of nitrogens with one attached hydrogen (secondary N) is 1. The maximum atomic E-state index is 12.5. The summed E-state index contributed by atoms with van der Waals surface area (Å²) in [6.45, 7) is 3.28. The summed E-state index contributed by atoms with van der Waals surface area (Å²) in [4.78, 5) is 15.5. The molecule has 24 heavy (non-hydrogen) atoms. The number of thiophene rings is 1. The molecule has 0 unspecified atom stereocenters. The number of aryl methyl sites for hydroxylation is 1. The van der Waals surface area contributed by atoms with Gasteiger partial charge in [-0.3, -0.25) is 4.68 Å². The summed E-state index contributed by atoms with van der Waals surface area (Å²) >= 11 is 1.68. The van der Waals surface area contributed by atoms with Crippen LogP contribution in [0.25, 0.3) is 0 Å². The zero-order valence-corrected chi connectivity index (χ0v) is 15.0. The van der Waals surface area contributed by atoms with Crippen LogP contribution in [0.4, 0.5) is 4.79 Å². The first kappa shape index (κ1) is 17.0. The minimum absolute atomic E-state index is 0.000533. The van der Waals surface area contributed by atoms with Gasteiger partial charge in [0.2, 0.25) is 0 Å². The van der Waals surface area contributed by atoms with Gasteiger partial charge in [-0.05, 0) is 43.2 Å². The van der Waals surface area contributed by atoms with Crippen LogP contribution in [0.1, 0.15) is 40.6 Å². The molecule has 7 heteroatoms. The smallest absolute Gasteiger partial charge is 0.317 e. The summed E-state index contributed by atoms with van der Waals surface area (Å²) in [5.41, 5.74) is 3.45. The summed E-state index contributed by atoms with van der Waals surface area (Å²) in [6, 6.07) is 2.02. The van der Waals surface area contributed by atoms with Gasteiger partial charge in [-0.2, -0.15) is 5.10 Å². The van der Waals surface area contributed by atoms with Gasteiger partial charge >= 0.3 is 6.03 Å². The predicted octanol–water partition coefficient (Wildman–Crippen LogP) is 2.46. The molecule has 0 saturated carbocycles. The number of urea groups is 1. The molecular formula is C17H24N4O2S. The van der Waals surface area contributed by atoms with Crippen molar-refractivity contribution in [2.24, 2.45) is 0 Å². The van der Waals surface area contributed by atoms with Gasteiger partial charge in [-0.25, -0.2) is 4.79 Å². The van der Waals surface area contributed by atoms with Gasteiger partial charge in [0.15, 0.2) is 0 Å². The Hall–Kier alpha value is -1.86. The third-order valence-electron chi connectivity index (χ3n) is 4.57. The molecule has 2 aromatic heterocycles. The van der Waals surface area contributed by atoms with E-state index in [0.29, 0.717) is 13.1 Å². The van der Waals surface area contributed by atoms with E-state index in [0.717, 1.165) is 30.5 Å². The standard InChI is InChI=1S/C17H24N4O2S/c1-12-6-9-24-16(12)11-20(2)17(23)19-14-4-3-5-15-13(14)10-18-21(15)7-8-22/h6,9-10,14,22H,3-5,7-8,11H2,1-2H3,(H,19,23)/t14-/m1/s1. The zero-order valence-electron chi connectivity index (χ0n) is 14.2. The molecule has 2 amide bonds. The Kier molecular flexibility index (Phi) is 5.20. The Morgan fingerprint density at radius 3 is 3.12 bits per heavy atom. The molecule has 1 aliphatic carbocycles. The fourth-order valence-corrected chi connectivity index (χ4v) is 4.13. The number of aromatic nitrogens is 2. The minimum atomic E-state index is -0.0597. The highest BCUT2D eigenvalue weighted by Crippen LogP contribution is 2.29. The third-order valence-corrected chi connectivity index (χ3v) is 5.58. The topological polar surface area (TPSA) is 70.4 Å². The molecule has 2 N–H and O–H groups in total. The molecule has 3 rings (SSSR count). The van der Waals surface area contributed by atoms with E-state index in [1.807, 2.05) is 17.9 Å². The van der Waals surface area contributed by atoms with E-state index in [9.17, 15) is 4.79 Å². The number of aliphatic hydroxyl groups is 1. The van der Waals surface area contributed by atoms with Crippen molar-refractivity contribution in [3.8, 4) is 0 Å². The van der Waals surface area contributed by atoms with Crippen molar-refractivity contribution in [3.63, 3.8) is 0 Å². The van der Waals surface area contributed by atoms with Crippen LogP contribution in [0.2, 0.25) is 0 Å². The average molecular weight is 348 g/mol. The predicted molar refractivity (Wildman–Crippen MR) is 94.0 cm³/mol. The second-order valence-corrected chi connectivity index (χ2v) is 7.27. The Morgan fingerprint density at radius 1 is 1.58 bits per heavy atom. The van der Waals surface area contributed by atoms with Crippen LogP contribution in [0, 0.1) is 6.92 Å². The Balaban J connectivity index is 1.66. The van der Waals surface area contributed by atoms with Crippen LogP contribution in [0.5, 0.6) is 0 Å². The highest BCUT2D eigenvalue weighted by Gasteiger charge is 2.26. The molecule has 2 aromatic rings. The molecule has 1 atom stereocenters. The quantitative estimate of drug-likeness (QED) is 0.872. The van der Waals surface area contributed by atoms with Crippen LogP contribution >= 0.6 is 11.3 Å². The molecule has 130 valence electrons. The van der Waals surface area contributed by atoms with Gasteiger partial charge in [-0.15, -0.1) is 11.3 Å². The third kappa shape index (κ3) is 3.47. The van der Waals surface area contributed by atoms with Crippen LogP contribution in [-0.2, 0) is 19.5 Å². The maximum absolute atomic E-state index is 12.5. The van der Waals surface area contributed by atoms with Crippen molar-refractivity contribution in [2.45, 2.75) is 45.3 Å². The van der Waals surface area contributed by atoms with E-state index in [1.165, 1.54) is 10.4 Å². The van der Waals surface area contributed by atoms with E-state index >= 15 is 0 Å². The van der Waals surface area contributed by atoms with Gasteiger partial charge in [0, 0.05) is 23.2 Å². The Labute approximate surface area is 146 Å². The Morgan fingerprint density at radius 2 is 2.42 bits per heavy atom. The molecule has 6 nitrogen and oxygen atoms in total. The lowest BCUT2D eigenvalue weighted by molar-refractivity contribution is 0.201. The molecule has 0 aliphatic heterocycles. The van der Waals surface area contributed by atoms with E-state index < -0.39 is 0 Å². The number of carbonyl (C=O) groups is 1. The molecule has 0 spiro atoms. The van der Waals surface area contributed by atoms with Crippen molar-refractivity contribution >= 4 is 17.4 Å². The van der Waals surface area contributed by atoms with E-state index in [-0.39, 0.29) is 18.7 Å². The summed E-state index contributed by atoms with van der Waals surface area (Å²) in [6.07, 6.45) is 4.72. The number of nitrogens with zero attached hydrogens (tertiary/aromatic N) is 3. The highest BCUT2D eigenvalue weighted by atomic mass is 32.1. The van der Waals surface area contributed by atoms with Crippen molar-refractivity contribution in [3.05, 3.63) is 39.3 Å². The molecule has 0 fully saturated rings. The second kappa shape index (κ2) is 7.36. The largest absolute Gasteiger partial charge is 0.394 e. The number of aliphatic hydroxyl groups excluding tert-OH is 1. The number of amides is 2. The van der Waals surface area contributed by atoms with E-state index in [1.54, 1.807) is 16.2 Å². The molecule has 0 radical (unpaired) electrons. The molecule has 2 heterocycles. The number of hydrogen-bond donors (Lipinski definition) is 2. The summed E-state index contributed by atoms with van der Waals surface area (Å²) in [7, 11) is 1.83. The molecular weight excluding hydrogens is 324 g/mol. The number of fused-ring (bicyclic) bond motifs is 1.